The lowest BCUT2D eigenvalue weighted by Gasteiger charge is -2.18. The van der Waals surface area contributed by atoms with E-state index >= 15 is 0 Å². The largest absolute Gasteiger partial charge is 0.481 e. The molecule has 0 saturated carbocycles. The Hall–Kier alpha value is -2.11. The van der Waals surface area contributed by atoms with Gasteiger partial charge in [-0.15, -0.1) is 0 Å². The number of nitrogens with zero attached hydrogens (tertiary/aromatic N) is 1. The molecule has 0 aliphatic rings. The molecule has 1 unspecified atom stereocenters. The van der Waals surface area contributed by atoms with Gasteiger partial charge in [-0.3, -0.25) is 9.59 Å². The van der Waals surface area contributed by atoms with Crippen molar-refractivity contribution in [3.05, 3.63) is 23.4 Å². The molecule has 6 heteroatoms. The lowest BCUT2D eigenvalue weighted by Crippen LogP contribution is -2.26. The average molecular weight is 265 g/mol. The Morgan fingerprint density at radius 1 is 1.47 bits per heavy atom. The minimum atomic E-state index is -0.890. The van der Waals surface area contributed by atoms with Gasteiger partial charge in [0.25, 0.3) is 5.91 Å². The first kappa shape index (κ1) is 14.9. The summed E-state index contributed by atoms with van der Waals surface area (Å²) in [7, 11) is 0. The quantitative estimate of drug-likeness (QED) is 0.693. The van der Waals surface area contributed by atoms with E-state index in [2.05, 4.69) is 10.3 Å². The molecule has 104 valence electrons. The molecule has 1 atom stereocenters. The first-order valence-electron chi connectivity index (χ1n) is 6.19. The Bertz CT molecular complexity index is 474. The number of primary amides is 1. The van der Waals surface area contributed by atoms with Crippen LogP contribution in [0.2, 0.25) is 0 Å². The molecule has 1 heterocycles. The van der Waals surface area contributed by atoms with E-state index in [1.165, 1.54) is 0 Å². The fourth-order valence-corrected chi connectivity index (χ4v) is 1.84. The van der Waals surface area contributed by atoms with Crippen molar-refractivity contribution >= 4 is 17.7 Å². The highest BCUT2D eigenvalue weighted by Gasteiger charge is 2.16. The number of pyridine rings is 1. The van der Waals surface area contributed by atoms with Crippen LogP contribution in [-0.4, -0.2) is 28.0 Å². The van der Waals surface area contributed by atoms with Crippen molar-refractivity contribution in [2.75, 3.05) is 5.32 Å². The normalized spacial score (nSPS) is 11.9. The molecule has 4 N–H and O–H groups in total. The first-order chi connectivity index (χ1) is 8.93. The van der Waals surface area contributed by atoms with Crippen molar-refractivity contribution in [2.24, 2.45) is 5.73 Å². The Kier molecular flexibility index (Phi) is 5.29. The minimum Gasteiger partial charge on any atom is -0.481 e. The third-order valence-electron chi connectivity index (χ3n) is 2.70. The van der Waals surface area contributed by atoms with E-state index in [1.54, 1.807) is 19.1 Å². The van der Waals surface area contributed by atoms with Crippen LogP contribution in [0.15, 0.2) is 12.1 Å². The van der Waals surface area contributed by atoms with Crippen molar-refractivity contribution in [1.82, 2.24) is 4.98 Å². The number of anilines is 1. The predicted molar refractivity (Wildman–Crippen MR) is 72.1 cm³/mol. The van der Waals surface area contributed by atoms with Gasteiger partial charge in [0, 0.05) is 11.7 Å². The Morgan fingerprint density at radius 2 is 2.16 bits per heavy atom. The number of nitrogens with one attached hydrogen (secondary N) is 1. The van der Waals surface area contributed by atoms with E-state index in [4.69, 9.17) is 10.8 Å². The topological polar surface area (TPSA) is 105 Å². The summed E-state index contributed by atoms with van der Waals surface area (Å²) in [5.74, 6) is -1.12. The maximum Gasteiger partial charge on any atom is 0.305 e. The highest BCUT2D eigenvalue weighted by molar-refractivity contribution is 5.97. The number of nitrogens with two attached hydrogens (primary N) is 1. The van der Waals surface area contributed by atoms with E-state index in [9.17, 15) is 9.59 Å². The molecule has 0 aliphatic heterocycles. The monoisotopic (exact) mass is 265 g/mol. The second kappa shape index (κ2) is 6.72. The van der Waals surface area contributed by atoms with Crippen molar-refractivity contribution in [2.45, 2.75) is 39.2 Å². The molecule has 0 saturated heterocycles. The number of aromatic nitrogens is 1. The molecule has 1 aromatic rings. The van der Waals surface area contributed by atoms with E-state index in [1.807, 2.05) is 6.92 Å². The van der Waals surface area contributed by atoms with Crippen LogP contribution in [0.5, 0.6) is 0 Å². The minimum absolute atomic E-state index is 0.0261. The molecular formula is C13H19N3O3. The summed E-state index contributed by atoms with van der Waals surface area (Å²) in [6, 6.07) is 3.02. The number of carboxylic acid groups (broad SMARTS) is 1. The molecule has 0 spiro atoms. The molecule has 1 amide bonds. The summed E-state index contributed by atoms with van der Waals surface area (Å²) in [4.78, 5) is 26.3. The number of amides is 1. The molecule has 0 aliphatic carbocycles. The molecule has 1 aromatic heterocycles. The van der Waals surface area contributed by atoms with Gasteiger partial charge in [-0.1, -0.05) is 13.3 Å². The second-order valence-electron chi connectivity index (χ2n) is 4.44. The van der Waals surface area contributed by atoms with Gasteiger partial charge in [0.1, 0.15) is 5.82 Å². The van der Waals surface area contributed by atoms with E-state index in [0.717, 1.165) is 12.1 Å². The lowest BCUT2D eigenvalue weighted by atomic mass is 10.1. The van der Waals surface area contributed by atoms with Gasteiger partial charge in [0.05, 0.1) is 12.0 Å². The summed E-state index contributed by atoms with van der Waals surface area (Å²) in [5, 5.41) is 11.9. The zero-order valence-electron chi connectivity index (χ0n) is 11.1. The number of aryl methyl sites for hydroxylation is 1. The third-order valence-corrected chi connectivity index (χ3v) is 2.70. The van der Waals surface area contributed by atoms with Crippen LogP contribution < -0.4 is 11.1 Å². The van der Waals surface area contributed by atoms with Crippen LogP contribution in [0.25, 0.3) is 0 Å². The number of hydrogen-bond acceptors (Lipinski definition) is 4. The molecule has 6 nitrogen and oxygen atoms in total. The van der Waals surface area contributed by atoms with Crippen molar-refractivity contribution in [1.29, 1.82) is 0 Å². The van der Waals surface area contributed by atoms with Gasteiger partial charge in [-0.2, -0.15) is 0 Å². The second-order valence-corrected chi connectivity index (χ2v) is 4.44. The van der Waals surface area contributed by atoms with E-state index < -0.39 is 11.9 Å². The first-order valence-corrected chi connectivity index (χ1v) is 6.19. The predicted octanol–water partition coefficient (Wildman–Crippen LogP) is 1.54. The lowest BCUT2D eigenvalue weighted by molar-refractivity contribution is -0.137. The summed E-state index contributed by atoms with van der Waals surface area (Å²) in [6.45, 7) is 3.76. The van der Waals surface area contributed by atoms with E-state index in [-0.39, 0.29) is 18.0 Å². The zero-order valence-corrected chi connectivity index (χ0v) is 11.1. The van der Waals surface area contributed by atoms with Gasteiger partial charge in [0.2, 0.25) is 0 Å². The summed E-state index contributed by atoms with van der Waals surface area (Å²) in [5.41, 5.74) is 6.29. The standard InChI is InChI=1S/C13H19N3O3/c1-3-4-9(7-11(17)18)16-13-10(12(14)19)6-5-8(2)15-13/h5-6,9H,3-4,7H2,1-2H3,(H2,14,19)(H,15,16)(H,17,18). The van der Waals surface area contributed by atoms with Gasteiger partial charge in [-0.05, 0) is 25.5 Å². The van der Waals surface area contributed by atoms with Gasteiger partial charge >= 0.3 is 5.97 Å². The number of rotatable bonds is 7. The average Bonchev–Trinajstić information content (AvgIpc) is 2.27. The molecule has 0 fully saturated rings. The van der Waals surface area contributed by atoms with Crippen LogP contribution in [-0.2, 0) is 4.79 Å². The van der Waals surface area contributed by atoms with Crippen LogP contribution >= 0.6 is 0 Å². The van der Waals surface area contributed by atoms with Crippen LogP contribution in [0.4, 0.5) is 5.82 Å². The maximum absolute atomic E-state index is 11.3. The molecule has 0 bridgehead atoms. The van der Waals surface area contributed by atoms with E-state index in [0.29, 0.717) is 12.2 Å². The fourth-order valence-electron chi connectivity index (χ4n) is 1.84. The number of aliphatic carboxylic acids is 1. The van der Waals surface area contributed by atoms with Crippen molar-refractivity contribution < 1.29 is 14.7 Å². The fraction of sp³-hybridized carbons (Fsp3) is 0.462. The highest BCUT2D eigenvalue weighted by Crippen LogP contribution is 2.17. The summed E-state index contributed by atoms with van der Waals surface area (Å²) < 4.78 is 0. The number of hydrogen-bond donors (Lipinski definition) is 3. The SMILES string of the molecule is CCCC(CC(=O)O)Nc1nc(C)ccc1C(N)=O. The van der Waals surface area contributed by atoms with Gasteiger partial charge in [-0.25, -0.2) is 4.98 Å². The molecular weight excluding hydrogens is 246 g/mol. The van der Waals surface area contributed by atoms with Gasteiger partial charge in [0.15, 0.2) is 0 Å². The highest BCUT2D eigenvalue weighted by atomic mass is 16.4. The molecule has 19 heavy (non-hydrogen) atoms. The van der Waals surface area contributed by atoms with Gasteiger partial charge < -0.3 is 16.2 Å². The zero-order chi connectivity index (χ0) is 14.4. The Balaban J connectivity index is 2.96. The van der Waals surface area contributed by atoms with Crippen LogP contribution in [0.3, 0.4) is 0 Å². The van der Waals surface area contributed by atoms with Crippen LogP contribution in [0.1, 0.15) is 42.2 Å². The molecule has 1 rings (SSSR count). The number of carbonyl (C=O) groups is 2. The Morgan fingerprint density at radius 3 is 2.68 bits per heavy atom. The molecule has 0 radical (unpaired) electrons. The maximum atomic E-state index is 11.3. The van der Waals surface area contributed by atoms with Crippen molar-refractivity contribution in [3.8, 4) is 0 Å². The Labute approximate surface area is 112 Å². The van der Waals surface area contributed by atoms with Crippen LogP contribution in [0, 0.1) is 6.92 Å². The summed E-state index contributed by atoms with van der Waals surface area (Å²) in [6.07, 6.45) is 1.49. The van der Waals surface area contributed by atoms with Crippen molar-refractivity contribution in [3.63, 3.8) is 0 Å². The third kappa shape index (κ3) is 4.57. The number of carboxylic acids is 1. The summed E-state index contributed by atoms with van der Waals surface area (Å²) >= 11 is 0. The molecule has 0 aromatic carbocycles. The smallest absolute Gasteiger partial charge is 0.305 e. The number of carbonyl (C=O) groups excluding carboxylic acids is 1.